The molecule has 5 nitrogen and oxygen atoms in total. The Bertz CT molecular complexity index is 698. The minimum Gasteiger partial charge on any atom is -0.507 e. The van der Waals surface area contributed by atoms with E-state index in [4.69, 9.17) is 0 Å². The number of nitrogens with one attached hydrogen (secondary N) is 1. The van der Waals surface area contributed by atoms with Crippen LogP contribution >= 0.6 is 0 Å². The van der Waals surface area contributed by atoms with Crippen LogP contribution in [0.4, 0.5) is 0 Å². The molecule has 1 aliphatic carbocycles. The van der Waals surface area contributed by atoms with E-state index in [1.54, 1.807) is 6.21 Å². The molecule has 1 aromatic rings. The molecule has 1 fully saturated rings. The number of phenols is 1. The Balaban J connectivity index is 2.17. The molecule has 0 bridgehead atoms. The van der Waals surface area contributed by atoms with Crippen LogP contribution in [0.1, 0.15) is 96.8 Å². The number of rotatable bonds is 4. The molecular weight excluding hydrogens is 352 g/mol. The largest absolute Gasteiger partial charge is 0.507 e. The van der Waals surface area contributed by atoms with E-state index in [0.29, 0.717) is 18.6 Å². The van der Waals surface area contributed by atoms with Crippen LogP contribution < -0.4 is 5.43 Å². The van der Waals surface area contributed by atoms with Crippen molar-refractivity contribution in [3.8, 4) is 5.75 Å². The maximum absolute atomic E-state index is 12.2. The van der Waals surface area contributed by atoms with E-state index in [2.05, 4.69) is 52.1 Å². The fourth-order valence-electron chi connectivity index (χ4n) is 3.78. The number of nitrogens with zero attached hydrogens (tertiary/aromatic N) is 1. The average molecular weight is 389 g/mol. The van der Waals surface area contributed by atoms with Gasteiger partial charge in [0.25, 0.3) is 0 Å². The molecule has 0 saturated heterocycles. The van der Waals surface area contributed by atoms with Gasteiger partial charge in [-0.1, -0.05) is 60.8 Å². The maximum Gasteiger partial charge on any atom is 0.242 e. The number of hydrogen-bond acceptors (Lipinski definition) is 4. The minimum atomic E-state index is -0.894. The van der Waals surface area contributed by atoms with Crippen LogP contribution in [0.5, 0.6) is 5.75 Å². The summed E-state index contributed by atoms with van der Waals surface area (Å²) in [6.45, 7) is 12.3. The molecule has 156 valence electrons. The number of carbonyl (C=O) groups excluding carboxylic acids is 1. The predicted molar refractivity (Wildman–Crippen MR) is 114 cm³/mol. The highest BCUT2D eigenvalue weighted by Crippen LogP contribution is 2.39. The summed E-state index contributed by atoms with van der Waals surface area (Å²) in [4.78, 5) is 12.2. The van der Waals surface area contributed by atoms with Gasteiger partial charge in [0, 0.05) is 11.1 Å². The Morgan fingerprint density at radius 3 is 2.04 bits per heavy atom. The summed E-state index contributed by atoms with van der Waals surface area (Å²) in [5, 5.41) is 25.4. The van der Waals surface area contributed by atoms with Gasteiger partial charge in [0.2, 0.25) is 5.91 Å². The lowest BCUT2D eigenvalue weighted by Crippen LogP contribution is -2.37. The van der Waals surface area contributed by atoms with Crippen LogP contribution in [0.15, 0.2) is 17.2 Å². The van der Waals surface area contributed by atoms with Crippen molar-refractivity contribution in [2.24, 2.45) is 5.10 Å². The van der Waals surface area contributed by atoms with Crippen molar-refractivity contribution in [1.82, 2.24) is 5.43 Å². The monoisotopic (exact) mass is 388 g/mol. The molecule has 0 atom stereocenters. The summed E-state index contributed by atoms with van der Waals surface area (Å²) in [6, 6.07) is 3.82. The van der Waals surface area contributed by atoms with E-state index >= 15 is 0 Å². The topological polar surface area (TPSA) is 81.9 Å². The second-order valence-corrected chi connectivity index (χ2v) is 10.2. The molecule has 1 saturated carbocycles. The van der Waals surface area contributed by atoms with Crippen molar-refractivity contribution >= 4 is 12.1 Å². The third-order valence-corrected chi connectivity index (χ3v) is 5.43. The van der Waals surface area contributed by atoms with Gasteiger partial charge in [-0.05, 0) is 41.4 Å². The maximum atomic E-state index is 12.2. The van der Waals surface area contributed by atoms with Crippen LogP contribution in [0.2, 0.25) is 0 Å². The summed E-state index contributed by atoms with van der Waals surface area (Å²) in [5.41, 5.74) is 3.73. The lowest BCUT2D eigenvalue weighted by atomic mass is 9.78. The highest BCUT2D eigenvalue weighted by atomic mass is 16.3. The molecule has 2 rings (SSSR count). The number of amides is 1. The van der Waals surface area contributed by atoms with E-state index in [9.17, 15) is 15.0 Å². The highest BCUT2D eigenvalue weighted by molar-refractivity contribution is 5.84. The minimum absolute atomic E-state index is 0.0837. The zero-order chi connectivity index (χ0) is 21.2. The fourth-order valence-corrected chi connectivity index (χ4v) is 3.78. The zero-order valence-electron chi connectivity index (χ0n) is 18.2. The summed E-state index contributed by atoms with van der Waals surface area (Å²) in [5.74, 6) is 0.0484. The van der Waals surface area contributed by atoms with Crippen molar-refractivity contribution in [1.29, 1.82) is 0 Å². The molecule has 1 amide bonds. The second kappa shape index (κ2) is 8.24. The molecule has 0 aromatic heterocycles. The molecule has 1 aromatic carbocycles. The van der Waals surface area contributed by atoms with Crippen molar-refractivity contribution in [3.63, 3.8) is 0 Å². The molecular formula is C23H36N2O3. The average Bonchev–Trinajstić information content (AvgIpc) is 2.54. The Hall–Kier alpha value is -1.88. The van der Waals surface area contributed by atoms with Gasteiger partial charge in [-0.2, -0.15) is 5.10 Å². The van der Waals surface area contributed by atoms with Crippen molar-refractivity contribution in [3.05, 3.63) is 28.8 Å². The van der Waals surface area contributed by atoms with Gasteiger partial charge in [0.05, 0.1) is 18.2 Å². The Labute approximate surface area is 169 Å². The van der Waals surface area contributed by atoms with Crippen LogP contribution in [0.3, 0.4) is 0 Å². The standard InChI is InChI=1S/C23H36N2O3/c1-21(2,3)17-12-16(13-18(20(17)27)22(4,5)6)15-24-25-19(26)14-23(28)10-8-7-9-11-23/h12-13,15,27-28H,7-11,14H2,1-6H3,(H,25,26)/b24-15-. The summed E-state index contributed by atoms with van der Waals surface area (Å²) < 4.78 is 0. The Kier molecular flexibility index (Phi) is 6.59. The first-order valence-electron chi connectivity index (χ1n) is 10.2. The van der Waals surface area contributed by atoms with E-state index in [1.807, 2.05) is 12.1 Å². The molecule has 0 radical (unpaired) electrons. The first-order chi connectivity index (χ1) is 12.8. The van der Waals surface area contributed by atoms with Gasteiger partial charge >= 0.3 is 0 Å². The summed E-state index contributed by atoms with van der Waals surface area (Å²) in [6.07, 6.45) is 6.08. The van der Waals surface area contributed by atoms with Crippen molar-refractivity contribution in [2.75, 3.05) is 0 Å². The smallest absolute Gasteiger partial charge is 0.242 e. The Morgan fingerprint density at radius 1 is 1.07 bits per heavy atom. The first kappa shape index (κ1) is 22.4. The summed E-state index contributed by atoms with van der Waals surface area (Å²) in [7, 11) is 0. The van der Waals surface area contributed by atoms with Crippen LogP contribution in [-0.2, 0) is 15.6 Å². The van der Waals surface area contributed by atoms with Gasteiger partial charge in [0.1, 0.15) is 5.75 Å². The number of hydrazone groups is 1. The Morgan fingerprint density at radius 2 is 1.57 bits per heavy atom. The van der Waals surface area contributed by atoms with Gasteiger partial charge in [-0.3, -0.25) is 4.79 Å². The van der Waals surface area contributed by atoms with Crippen LogP contribution in [0, 0.1) is 0 Å². The van der Waals surface area contributed by atoms with Gasteiger partial charge < -0.3 is 10.2 Å². The lowest BCUT2D eigenvalue weighted by Gasteiger charge is -2.31. The van der Waals surface area contributed by atoms with Crippen molar-refractivity contribution < 1.29 is 15.0 Å². The summed E-state index contributed by atoms with van der Waals surface area (Å²) >= 11 is 0. The van der Waals surface area contributed by atoms with Crippen molar-refractivity contribution in [2.45, 2.75) is 96.5 Å². The molecule has 5 heteroatoms. The van der Waals surface area contributed by atoms with Crippen LogP contribution in [-0.4, -0.2) is 27.9 Å². The van der Waals surface area contributed by atoms with E-state index < -0.39 is 5.60 Å². The molecule has 0 unspecified atom stereocenters. The second-order valence-electron chi connectivity index (χ2n) is 10.2. The number of hydrogen-bond donors (Lipinski definition) is 3. The number of aromatic hydroxyl groups is 1. The van der Waals surface area contributed by atoms with Gasteiger partial charge in [0.15, 0.2) is 0 Å². The molecule has 0 heterocycles. The SMILES string of the molecule is CC(C)(C)c1cc(/C=N\NC(=O)CC2(O)CCCCC2)cc(C(C)(C)C)c1O. The number of benzene rings is 1. The molecule has 1 aliphatic rings. The molecule has 28 heavy (non-hydrogen) atoms. The van der Waals surface area contributed by atoms with Gasteiger partial charge in [-0.15, -0.1) is 0 Å². The number of carbonyl (C=O) groups is 1. The van der Waals surface area contributed by atoms with E-state index in [1.165, 1.54) is 0 Å². The van der Waals surface area contributed by atoms with Gasteiger partial charge in [-0.25, -0.2) is 5.43 Å². The molecule has 0 spiro atoms. The number of phenolic OH excluding ortho intramolecular Hbond substituents is 1. The predicted octanol–water partition coefficient (Wildman–Crippen LogP) is 4.52. The normalized spacial score (nSPS) is 17.7. The molecule has 3 N–H and O–H groups in total. The third-order valence-electron chi connectivity index (χ3n) is 5.43. The van der Waals surface area contributed by atoms with E-state index in [0.717, 1.165) is 36.0 Å². The zero-order valence-corrected chi connectivity index (χ0v) is 18.2. The lowest BCUT2D eigenvalue weighted by molar-refractivity contribution is -0.127. The highest BCUT2D eigenvalue weighted by Gasteiger charge is 2.31. The first-order valence-corrected chi connectivity index (χ1v) is 10.2. The fraction of sp³-hybridized carbons (Fsp3) is 0.652. The number of aliphatic hydroxyl groups is 1. The molecule has 0 aliphatic heterocycles. The quantitative estimate of drug-likeness (QED) is 0.524. The third kappa shape index (κ3) is 5.81. The van der Waals surface area contributed by atoms with Crippen LogP contribution in [0.25, 0.3) is 0 Å². The van der Waals surface area contributed by atoms with E-state index in [-0.39, 0.29) is 23.2 Å².